The van der Waals surface area contributed by atoms with Crippen molar-refractivity contribution in [2.75, 3.05) is 0 Å². The Morgan fingerprint density at radius 1 is 1.75 bits per heavy atom. The van der Waals surface area contributed by atoms with E-state index in [0.29, 0.717) is 6.42 Å². The molecule has 0 aliphatic carbocycles. The van der Waals surface area contributed by atoms with Gasteiger partial charge in [0.1, 0.15) is 0 Å². The lowest BCUT2D eigenvalue weighted by atomic mass is 10.0. The molecule has 1 rings (SSSR count). The van der Waals surface area contributed by atoms with E-state index in [9.17, 15) is 4.79 Å². The second-order valence-electron chi connectivity index (χ2n) is 2.77. The molecule has 3 heteroatoms. The number of carbonyl (C=O) groups is 1. The van der Waals surface area contributed by atoms with Crippen LogP contribution in [-0.2, 0) is 4.79 Å². The number of aryl methyl sites for hydroxylation is 1. The maximum atomic E-state index is 10.8. The summed E-state index contributed by atoms with van der Waals surface area (Å²) in [5, 5.41) is 10.8. The van der Waals surface area contributed by atoms with E-state index in [1.54, 1.807) is 0 Å². The monoisotopic (exact) mass is 184 g/mol. The zero-order valence-corrected chi connectivity index (χ0v) is 8.02. The summed E-state index contributed by atoms with van der Waals surface area (Å²) >= 11 is 1.53. The van der Waals surface area contributed by atoms with E-state index in [2.05, 4.69) is 0 Å². The summed E-state index contributed by atoms with van der Waals surface area (Å²) in [6.07, 6.45) is 0.663. The fraction of sp³-hybridized carbons (Fsp3) is 0.444. The van der Waals surface area contributed by atoms with Crippen molar-refractivity contribution >= 4 is 17.3 Å². The molecule has 2 nitrogen and oxygen atoms in total. The first kappa shape index (κ1) is 9.26. The van der Waals surface area contributed by atoms with Crippen molar-refractivity contribution in [2.45, 2.75) is 26.2 Å². The fourth-order valence-corrected chi connectivity index (χ4v) is 2.32. The molecule has 0 bridgehead atoms. The lowest BCUT2D eigenvalue weighted by Crippen LogP contribution is -2.09. The smallest absolute Gasteiger partial charge is 0.311 e. The number of thiophene rings is 1. The second kappa shape index (κ2) is 3.72. The third-order valence-corrected chi connectivity index (χ3v) is 3.06. The molecule has 0 amide bonds. The Balaban J connectivity index is 2.94. The minimum absolute atomic E-state index is 0.315. The highest BCUT2D eigenvalue weighted by atomic mass is 32.1. The number of carboxylic acid groups (broad SMARTS) is 1. The quantitative estimate of drug-likeness (QED) is 0.784. The highest BCUT2D eigenvalue weighted by molar-refractivity contribution is 7.10. The summed E-state index contributed by atoms with van der Waals surface area (Å²) in [5.41, 5.74) is 1.09. The minimum Gasteiger partial charge on any atom is -0.481 e. The molecule has 0 saturated carbocycles. The maximum Gasteiger partial charge on any atom is 0.311 e. The molecule has 1 aromatic heterocycles. The molecule has 0 fully saturated rings. The molecule has 66 valence electrons. The first-order valence-electron chi connectivity index (χ1n) is 3.93. The van der Waals surface area contributed by atoms with E-state index in [1.807, 2.05) is 25.3 Å². The van der Waals surface area contributed by atoms with Gasteiger partial charge in [-0.15, -0.1) is 11.3 Å². The predicted molar refractivity (Wildman–Crippen MR) is 49.7 cm³/mol. The van der Waals surface area contributed by atoms with Gasteiger partial charge in [0.15, 0.2) is 0 Å². The lowest BCUT2D eigenvalue weighted by Gasteiger charge is -2.07. The first-order valence-corrected chi connectivity index (χ1v) is 4.81. The number of hydrogen-bond donors (Lipinski definition) is 1. The summed E-state index contributed by atoms with van der Waals surface area (Å²) in [7, 11) is 0. The van der Waals surface area contributed by atoms with Crippen molar-refractivity contribution in [3.8, 4) is 0 Å². The van der Waals surface area contributed by atoms with Crippen molar-refractivity contribution < 1.29 is 9.90 Å². The highest BCUT2D eigenvalue weighted by Gasteiger charge is 2.20. The summed E-state index contributed by atoms with van der Waals surface area (Å²) < 4.78 is 0. The van der Waals surface area contributed by atoms with Gasteiger partial charge in [-0.1, -0.05) is 6.92 Å². The van der Waals surface area contributed by atoms with E-state index < -0.39 is 5.97 Å². The van der Waals surface area contributed by atoms with Crippen LogP contribution in [0.25, 0.3) is 0 Å². The van der Waals surface area contributed by atoms with Crippen LogP contribution in [0, 0.1) is 6.92 Å². The van der Waals surface area contributed by atoms with Gasteiger partial charge in [-0.05, 0) is 30.4 Å². The van der Waals surface area contributed by atoms with Crippen molar-refractivity contribution in [3.63, 3.8) is 0 Å². The molecule has 12 heavy (non-hydrogen) atoms. The van der Waals surface area contributed by atoms with Gasteiger partial charge in [0.25, 0.3) is 0 Å². The van der Waals surface area contributed by atoms with Crippen LogP contribution in [0.2, 0.25) is 0 Å². The maximum absolute atomic E-state index is 10.8. The van der Waals surface area contributed by atoms with Crippen LogP contribution >= 0.6 is 11.3 Å². The van der Waals surface area contributed by atoms with Gasteiger partial charge < -0.3 is 5.11 Å². The number of aliphatic carboxylic acids is 1. The van der Waals surface area contributed by atoms with Crippen molar-refractivity contribution in [1.29, 1.82) is 0 Å². The number of carboxylic acids is 1. The molecular weight excluding hydrogens is 172 g/mol. The first-order chi connectivity index (χ1) is 5.66. The Morgan fingerprint density at radius 2 is 2.42 bits per heavy atom. The van der Waals surface area contributed by atoms with Crippen LogP contribution < -0.4 is 0 Å². The van der Waals surface area contributed by atoms with Crippen LogP contribution in [-0.4, -0.2) is 11.1 Å². The summed E-state index contributed by atoms with van der Waals surface area (Å²) in [6.45, 7) is 3.86. The molecule has 1 atom stereocenters. The van der Waals surface area contributed by atoms with Crippen molar-refractivity contribution in [1.82, 2.24) is 0 Å². The van der Waals surface area contributed by atoms with Crippen molar-refractivity contribution in [3.05, 3.63) is 21.9 Å². The Hall–Kier alpha value is -0.830. The van der Waals surface area contributed by atoms with E-state index in [4.69, 9.17) is 5.11 Å². The molecule has 0 aromatic carbocycles. The molecule has 1 N–H and O–H groups in total. The Kier molecular flexibility index (Phi) is 2.87. The Labute approximate surface area is 75.9 Å². The van der Waals surface area contributed by atoms with Crippen LogP contribution in [0.15, 0.2) is 11.4 Å². The summed E-state index contributed by atoms with van der Waals surface area (Å²) in [5.74, 6) is -1.03. The normalized spacial score (nSPS) is 12.8. The van der Waals surface area contributed by atoms with Gasteiger partial charge in [0.05, 0.1) is 5.92 Å². The zero-order valence-electron chi connectivity index (χ0n) is 7.20. The average molecular weight is 184 g/mol. The van der Waals surface area contributed by atoms with Gasteiger partial charge in [0, 0.05) is 4.88 Å². The molecule has 0 saturated heterocycles. The van der Waals surface area contributed by atoms with Crippen molar-refractivity contribution in [2.24, 2.45) is 0 Å². The van der Waals surface area contributed by atoms with E-state index >= 15 is 0 Å². The highest BCUT2D eigenvalue weighted by Crippen LogP contribution is 2.28. The van der Waals surface area contributed by atoms with Gasteiger partial charge in [-0.2, -0.15) is 0 Å². The molecule has 0 spiro atoms. The van der Waals surface area contributed by atoms with E-state index in [-0.39, 0.29) is 5.92 Å². The molecule has 1 unspecified atom stereocenters. The minimum atomic E-state index is -0.719. The Bertz CT molecular complexity index is 278. The predicted octanol–water partition coefficient (Wildman–Crippen LogP) is 2.63. The molecular formula is C9H12O2S. The third kappa shape index (κ3) is 1.67. The number of hydrogen-bond acceptors (Lipinski definition) is 2. The Morgan fingerprint density at radius 3 is 2.75 bits per heavy atom. The molecule has 0 aliphatic rings. The SMILES string of the molecule is CCC(C(=O)O)c1sccc1C. The molecule has 1 heterocycles. The van der Waals surface area contributed by atoms with E-state index in [1.165, 1.54) is 11.3 Å². The largest absolute Gasteiger partial charge is 0.481 e. The van der Waals surface area contributed by atoms with Crippen LogP contribution in [0.3, 0.4) is 0 Å². The molecule has 1 aromatic rings. The zero-order chi connectivity index (χ0) is 9.14. The second-order valence-corrected chi connectivity index (χ2v) is 3.71. The summed E-state index contributed by atoms with van der Waals surface area (Å²) in [4.78, 5) is 11.8. The standard InChI is InChI=1S/C9H12O2S/c1-3-7(9(10)11)8-6(2)4-5-12-8/h4-5,7H,3H2,1-2H3,(H,10,11). The van der Waals surface area contributed by atoms with E-state index in [0.717, 1.165) is 10.4 Å². The van der Waals surface area contributed by atoms with Gasteiger partial charge in [-0.25, -0.2) is 0 Å². The topological polar surface area (TPSA) is 37.3 Å². The summed E-state index contributed by atoms with van der Waals surface area (Å²) in [6, 6.07) is 1.96. The van der Waals surface area contributed by atoms with Crippen LogP contribution in [0.4, 0.5) is 0 Å². The molecule has 0 aliphatic heterocycles. The fourth-order valence-electron chi connectivity index (χ4n) is 1.21. The van der Waals surface area contributed by atoms with Gasteiger partial charge in [0.2, 0.25) is 0 Å². The third-order valence-electron chi connectivity index (χ3n) is 1.92. The van der Waals surface area contributed by atoms with Gasteiger partial charge >= 0.3 is 5.97 Å². The number of rotatable bonds is 3. The van der Waals surface area contributed by atoms with Crippen LogP contribution in [0.1, 0.15) is 29.7 Å². The average Bonchev–Trinajstić information content (AvgIpc) is 2.38. The lowest BCUT2D eigenvalue weighted by molar-refractivity contribution is -0.138. The van der Waals surface area contributed by atoms with Gasteiger partial charge in [-0.3, -0.25) is 4.79 Å². The van der Waals surface area contributed by atoms with Crippen LogP contribution in [0.5, 0.6) is 0 Å². The molecule has 0 radical (unpaired) electrons.